The molecule has 3 rings (SSSR count). The summed E-state index contributed by atoms with van der Waals surface area (Å²) in [5, 5.41) is 7.18. The van der Waals surface area contributed by atoms with Gasteiger partial charge < -0.3 is 9.84 Å². The third-order valence-corrected chi connectivity index (χ3v) is 4.83. The fraction of sp³-hybridized carbons (Fsp3) is 0.765. The van der Waals surface area contributed by atoms with Crippen LogP contribution in [0.25, 0.3) is 0 Å². The SMILES string of the molecule is CC(C)(C)C(NC(=O)c1cc(C2CC2)on1)C1CCCC1. The molecule has 1 atom stereocenters. The Balaban J connectivity index is 1.70. The van der Waals surface area contributed by atoms with Gasteiger partial charge in [0.1, 0.15) is 5.76 Å². The molecule has 1 heterocycles. The zero-order valence-corrected chi connectivity index (χ0v) is 13.3. The van der Waals surface area contributed by atoms with E-state index in [-0.39, 0.29) is 17.4 Å². The number of carbonyl (C=O) groups is 1. The van der Waals surface area contributed by atoms with Crippen LogP contribution in [0.15, 0.2) is 10.6 Å². The Morgan fingerprint density at radius 1 is 1.29 bits per heavy atom. The van der Waals surface area contributed by atoms with Crippen molar-refractivity contribution >= 4 is 5.91 Å². The van der Waals surface area contributed by atoms with Gasteiger partial charge in [0.15, 0.2) is 5.69 Å². The van der Waals surface area contributed by atoms with Crippen molar-refractivity contribution in [1.29, 1.82) is 0 Å². The summed E-state index contributed by atoms with van der Waals surface area (Å²) in [5.41, 5.74) is 0.498. The van der Waals surface area contributed by atoms with Gasteiger partial charge in [0, 0.05) is 18.0 Å². The topological polar surface area (TPSA) is 55.1 Å². The molecule has 0 bridgehead atoms. The highest BCUT2D eigenvalue weighted by atomic mass is 16.5. The lowest BCUT2D eigenvalue weighted by Gasteiger charge is -2.36. The summed E-state index contributed by atoms with van der Waals surface area (Å²) < 4.78 is 5.29. The molecule has 2 saturated carbocycles. The number of amides is 1. The molecule has 1 amide bonds. The Kier molecular flexibility index (Phi) is 3.80. The minimum absolute atomic E-state index is 0.0632. The van der Waals surface area contributed by atoms with Crippen molar-refractivity contribution in [3.63, 3.8) is 0 Å². The van der Waals surface area contributed by atoms with E-state index in [4.69, 9.17) is 4.52 Å². The number of aromatic nitrogens is 1. The molecule has 0 saturated heterocycles. The Hall–Kier alpha value is -1.32. The van der Waals surface area contributed by atoms with Crippen molar-refractivity contribution < 1.29 is 9.32 Å². The van der Waals surface area contributed by atoms with E-state index in [1.54, 1.807) is 0 Å². The molecule has 2 aliphatic carbocycles. The minimum Gasteiger partial charge on any atom is -0.360 e. The quantitative estimate of drug-likeness (QED) is 0.915. The van der Waals surface area contributed by atoms with Gasteiger partial charge in [-0.2, -0.15) is 0 Å². The third kappa shape index (κ3) is 3.30. The van der Waals surface area contributed by atoms with Crippen molar-refractivity contribution in [2.45, 2.75) is 71.3 Å². The summed E-state index contributed by atoms with van der Waals surface area (Å²) in [6.07, 6.45) is 7.31. The number of hydrogen-bond acceptors (Lipinski definition) is 3. The fourth-order valence-corrected chi connectivity index (χ4v) is 3.50. The van der Waals surface area contributed by atoms with E-state index in [1.807, 2.05) is 6.07 Å². The van der Waals surface area contributed by atoms with Gasteiger partial charge >= 0.3 is 0 Å². The molecule has 0 radical (unpaired) electrons. The van der Waals surface area contributed by atoms with Crippen LogP contribution in [-0.4, -0.2) is 17.1 Å². The van der Waals surface area contributed by atoms with E-state index < -0.39 is 0 Å². The molecular weight excluding hydrogens is 264 g/mol. The molecular formula is C17H26N2O2. The monoisotopic (exact) mass is 290 g/mol. The molecule has 0 aliphatic heterocycles. The summed E-state index contributed by atoms with van der Waals surface area (Å²) in [6.45, 7) is 6.61. The smallest absolute Gasteiger partial charge is 0.273 e. The Morgan fingerprint density at radius 2 is 1.95 bits per heavy atom. The van der Waals surface area contributed by atoms with Gasteiger partial charge in [0.05, 0.1) is 0 Å². The zero-order valence-electron chi connectivity index (χ0n) is 13.3. The summed E-state index contributed by atoms with van der Waals surface area (Å²) >= 11 is 0. The molecule has 1 aromatic rings. The van der Waals surface area contributed by atoms with Crippen LogP contribution < -0.4 is 5.32 Å². The number of rotatable bonds is 4. The van der Waals surface area contributed by atoms with Gasteiger partial charge in [-0.05, 0) is 37.0 Å². The lowest BCUT2D eigenvalue weighted by Crippen LogP contribution is -2.48. The van der Waals surface area contributed by atoms with Crippen molar-refractivity contribution in [2.24, 2.45) is 11.3 Å². The Labute approximate surface area is 126 Å². The van der Waals surface area contributed by atoms with Crippen LogP contribution in [0.1, 0.15) is 81.5 Å². The van der Waals surface area contributed by atoms with Crippen molar-refractivity contribution in [3.8, 4) is 0 Å². The number of nitrogens with zero attached hydrogens (tertiary/aromatic N) is 1. The van der Waals surface area contributed by atoms with E-state index in [9.17, 15) is 4.79 Å². The van der Waals surface area contributed by atoms with Crippen LogP contribution in [0, 0.1) is 11.3 Å². The van der Waals surface area contributed by atoms with E-state index in [0.29, 0.717) is 17.5 Å². The molecule has 1 N–H and O–H groups in total. The maximum Gasteiger partial charge on any atom is 0.273 e. The highest BCUT2D eigenvalue weighted by Gasteiger charge is 2.36. The van der Waals surface area contributed by atoms with Crippen LogP contribution >= 0.6 is 0 Å². The molecule has 1 aromatic heterocycles. The van der Waals surface area contributed by atoms with Gasteiger partial charge in [0.2, 0.25) is 0 Å². The van der Waals surface area contributed by atoms with Gasteiger partial charge in [-0.25, -0.2) is 0 Å². The van der Waals surface area contributed by atoms with Crippen LogP contribution in [0.5, 0.6) is 0 Å². The molecule has 1 unspecified atom stereocenters. The molecule has 21 heavy (non-hydrogen) atoms. The first kappa shape index (κ1) is 14.6. The second-order valence-electron chi connectivity index (χ2n) is 7.75. The molecule has 0 spiro atoms. The van der Waals surface area contributed by atoms with Crippen molar-refractivity contribution in [2.75, 3.05) is 0 Å². The predicted octanol–water partition coefficient (Wildman–Crippen LogP) is 3.89. The van der Waals surface area contributed by atoms with E-state index in [2.05, 4.69) is 31.2 Å². The molecule has 4 nitrogen and oxygen atoms in total. The summed E-state index contributed by atoms with van der Waals surface area (Å²) in [4.78, 5) is 12.5. The summed E-state index contributed by atoms with van der Waals surface area (Å²) in [6, 6.07) is 2.02. The minimum atomic E-state index is -0.0857. The molecule has 2 aliphatic rings. The average molecular weight is 290 g/mol. The Morgan fingerprint density at radius 3 is 2.52 bits per heavy atom. The summed E-state index contributed by atoms with van der Waals surface area (Å²) in [7, 11) is 0. The van der Waals surface area contributed by atoms with Gasteiger partial charge in [-0.1, -0.05) is 38.8 Å². The van der Waals surface area contributed by atoms with Gasteiger partial charge in [0.25, 0.3) is 5.91 Å². The zero-order chi connectivity index (χ0) is 15.0. The predicted molar refractivity (Wildman–Crippen MR) is 81.1 cm³/mol. The van der Waals surface area contributed by atoms with Crippen LogP contribution in [-0.2, 0) is 0 Å². The van der Waals surface area contributed by atoms with E-state index in [0.717, 1.165) is 18.6 Å². The van der Waals surface area contributed by atoms with Gasteiger partial charge in [-0.15, -0.1) is 0 Å². The highest BCUT2D eigenvalue weighted by Crippen LogP contribution is 2.40. The largest absolute Gasteiger partial charge is 0.360 e. The number of carbonyl (C=O) groups excluding carboxylic acids is 1. The highest BCUT2D eigenvalue weighted by molar-refractivity contribution is 5.92. The average Bonchev–Trinajstić information content (AvgIpc) is 2.93. The molecule has 2 fully saturated rings. The maximum absolute atomic E-state index is 12.5. The van der Waals surface area contributed by atoms with Crippen molar-refractivity contribution in [3.05, 3.63) is 17.5 Å². The van der Waals surface area contributed by atoms with Crippen LogP contribution in [0.2, 0.25) is 0 Å². The second kappa shape index (κ2) is 5.47. The van der Waals surface area contributed by atoms with Gasteiger partial charge in [-0.3, -0.25) is 4.79 Å². The number of nitrogens with one attached hydrogen (secondary N) is 1. The molecule has 4 heteroatoms. The molecule has 0 aromatic carbocycles. The first-order valence-corrected chi connectivity index (χ1v) is 8.22. The van der Waals surface area contributed by atoms with E-state index in [1.165, 1.54) is 25.7 Å². The maximum atomic E-state index is 12.5. The van der Waals surface area contributed by atoms with Crippen molar-refractivity contribution in [1.82, 2.24) is 10.5 Å². The summed E-state index contributed by atoms with van der Waals surface area (Å²) in [5.74, 6) is 1.86. The third-order valence-electron chi connectivity index (χ3n) is 4.83. The lowest BCUT2D eigenvalue weighted by atomic mass is 9.78. The normalized spacial score (nSPS) is 21.5. The second-order valence-corrected chi connectivity index (χ2v) is 7.75. The van der Waals surface area contributed by atoms with Crippen LogP contribution in [0.3, 0.4) is 0 Å². The first-order chi connectivity index (χ1) is 9.95. The van der Waals surface area contributed by atoms with E-state index >= 15 is 0 Å². The standard InChI is InChI=1S/C17H26N2O2/c1-17(2,3)15(12-6-4-5-7-12)18-16(20)13-10-14(21-19-13)11-8-9-11/h10-12,15H,4-9H2,1-3H3,(H,18,20). The fourth-order valence-electron chi connectivity index (χ4n) is 3.50. The van der Waals surface area contributed by atoms with Crippen LogP contribution in [0.4, 0.5) is 0 Å². The number of hydrogen-bond donors (Lipinski definition) is 1. The Bertz CT molecular complexity index is 505. The first-order valence-electron chi connectivity index (χ1n) is 8.22. The lowest BCUT2D eigenvalue weighted by molar-refractivity contribution is 0.0853. The molecule has 116 valence electrons.